The van der Waals surface area contributed by atoms with E-state index in [1.165, 1.54) is 6.07 Å². The van der Waals surface area contributed by atoms with E-state index in [1.54, 1.807) is 24.7 Å². The van der Waals surface area contributed by atoms with Gasteiger partial charge < -0.3 is 15.0 Å². The highest BCUT2D eigenvalue weighted by atomic mass is 19.1. The first kappa shape index (κ1) is 14.1. The summed E-state index contributed by atoms with van der Waals surface area (Å²) in [6.07, 6.45) is 6.21. The molecule has 0 unspecified atom stereocenters. The minimum Gasteiger partial charge on any atom is -0.493 e. The van der Waals surface area contributed by atoms with Crippen LogP contribution >= 0.6 is 0 Å². The second-order valence-corrected chi connectivity index (χ2v) is 4.15. The first-order valence-electron chi connectivity index (χ1n) is 6.36. The number of hydrogen-bond donors (Lipinski definition) is 1. The Morgan fingerprint density at radius 1 is 1.40 bits per heavy atom. The largest absolute Gasteiger partial charge is 0.493 e. The summed E-state index contributed by atoms with van der Waals surface area (Å²) in [7, 11) is 0. The number of ether oxygens (including phenoxy) is 1. The molecule has 1 aromatic carbocycles. The number of nitrogens with two attached hydrogens (primary N) is 1. The highest BCUT2D eigenvalue weighted by molar-refractivity contribution is 5.39. The number of aromatic nitrogens is 2. The van der Waals surface area contributed by atoms with E-state index in [2.05, 4.69) is 16.8 Å². The van der Waals surface area contributed by atoms with E-state index in [9.17, 15) is 4.39 Å². The van der Waals surface area contributed by atoms with Crippen molar-refractivity contribution in [3.63, 3.8) is 0 Å². The molecule has 0 aliphatic heterocycles. The maximum atomic E-state index is 13.7. The highest BCUT2D eigenvalue weighted by Gasteiger charge is 2.02. The second-order valence-electron chi connectivity index (χ2n) is 4.15. The van der Waals surface area contributed by atoms with E-state index in [0.717, 1.165) is 13.0 Å². The number of nitrogens with zero attached hydrogens (tertiary/aromatic N) is 2. The molecule has 0 aliphatic carbocycles. The van der Waals surface area contributed by atoms with Crippen molar-refractivity contribution in [1.29, 1.82) is 0 Å². The number of imidazole rings is 1. The summed E-state index contributed by atoms with van der Waals surface area (Å²) in [6.45, 7) is 1.56. The molecule has 0 aliphatic rings. The van der Waals surface area contributed by atoms with Gasteiger partial charge in [-0.2, -0.15) is 0 Å². The van der Waals surface area contributed by atoms with Crippen LogP contribution in [0.25, 0.3) is 0 Å². The zero-order valence-electron chi connectivity index (χ0n) is 11.1. The highest BCUT2D eigenvalue weighted by Crippen LogP contribution is 2.16. The Morgan fingerprint density at radius 2 is 2.30 bits per heavy atom. The molecule has 0 amide bonds. The van der Waals surface area contributed by atoms with Crippen LogP contribution in [0.15, 0.2) is 36.9 Å². The van der Waals surface area contributed by atoms with Crippen molar-refractivity contribution in [2.75, 3.05) is 13.2 Å². The van der Waals surface area contributed by atoms with Crippen molar-refractivity contribution in [2.24, 2.45) is 5.73 Å². The summed E-state index contributed by atoms with van der Waals surface area (Å²) in [5, 5.41) is 0. The Labute approximate surface area is 117 Å². The van der Waals surface area contributed by atoms with Crippen molar-refractivity contribution in [3.8, 4) is 17.6 Å². The molecule has 4 nitrogen and oxygen atoms in total. The quantitative estimate of drug-likeness (QED) is 0.667. The van der Waals surface area contributed by atoms with Crippen LogP contribution in [0.2, 0.25) is 0 Å². The summed E-state index contributed by atoms with van der Waals surface area (Å²) in [5.74, 6) is 5.41. The third kappa shape index (κ3) is 4.11. The van der Waals surface area contributed by atoms with Gasteiger partial charge in [0, 0.05) is 25.0 Å². The van der Waals surface area contributed by atoms with Crippen molar-refractivity contribution >= 4 is 0 Å². The molecule has 0 spiro atoms. The van der Waals surface area contributed by atoms with E-state index < -0.39 is 5.82 Å². The number of aryl methyl sites for hydroxylation is 1. The van der Waals surface area contributed by atoms with Crippen LogP contribution in [0.3, 0.4) is 0 Å². The van der Waals surface area contributed by atoms with Gasteiger partial charge in [0.25, 0.3) is 0 Å². The molecule has 1 aromatic heterocycles. The molecular formula is C15H16FN3O. The molecule has 2 rings (SSSR count). The molecule has 0 radical (unpaired) electrons. The van der Waals surface area contributed by atoms with Gasteiger partial charge in [0.05, 0.1) is 25.0 Å². The predicted molar refractivity (Wildman–Crippen MR) is 74.7 cm³/mol. The van der Waals surface area contributed by atoms with E-state index in [-0.39, 0.29) is 6.54 Å². The summed E-state index contributed by atoms with van der Waals surface area (Å²) >= 11 is 0. The van der Waals surface area contributed by atoms with Crippen LogP contribution in [0.1, 0.15) is 12.0 Å². The first-order valence-corrected chi connectivity index (χ1v) is 6.36. The molecule has 1 heterocycles. The number of benzene rings is 1. The Hall–Kier alpha value is -2.32. The van der Waals surface area contributed by atoms with Gasteiger partial charge in [-0.15, -0.1) is 0 Å². The van der Waals surface area contributed by atoms with Crippen LogP contribution in [0, 0.1) is 17.7 Å². The molecule has 0 fully saturated rings. The van der Waals surface area contributed by atoms with Gasteiger partial charge in [-0.05, 0) is 18.6 Å². The van der Waals surface area contributed by atoms with Crippen molar-refractivity contribution in [1.82, 2.24) is 9.55 Å². The molecule has 0 atom stereocenters. The minimum absolute atomic E-state index is 0.214. The van der Waals surface area contributed by atoms with Gasteiger partial charge in [-0.1, -0.05) is 11.8 Å². The minimum atomic E-state index is -0.391. The lowest BCUT2D eigenvalue weighted by atomic mass is 10.2. The fourth-order valence-electron chi connectivity index (χ4n) is 1.69. The van der Waals surface area contributed by atoms with Crippen LogP contribution in [-0.4, -0.2) is 22.7 Å². The van der Waals surface area contributed by atoms with E-state index in [4.69, 9.17) is 10.5 Å². The van der Waals surface area contributed by atoms with Crippen molar-refractivity contribution in [3.05, 3.63) is 48.3 Å². The van der Waals surface area contributed by atoms with Gasteiger partial charge in [0.1, 0.15) is 11.6 Å². The van der Waals surface area contributed by atoms with Crippen molar-refractivity contribution < 1.29 is 9.13 Å². The molecule has 0 saturated heterocycles. The van der Waals surface area contributed by atoms with Crippen LogP contribution in [0.5, 0.6) is 5.75 Å². The third-order valence-electron chi connectivity index (χ3n) is 2.65. The SMILES string of the molecule is NCC#Cc1ccc(OCCCn2ccnc2)cc1F. The normalized spacial score (nSPS) is 9.90. The Balaban J connectivity index is 1.82. The lowest BCUT2D eigenvalue weighted by molar-refractivity contribution is 0.300. The molecular weight excluding hydrogens is 257 g/mol. The maximum absolute atomic E-state index is 13.7. The lowest BCUT2D eigenvalue weighted by Crippen LogP contribution is -2.03. The number of rotatable bonds is 5. The topological polar surface area (TPSA) is 53.1 Å². The van der Waals surface area contributed by atoms with Gasteiger partial charge in [0.2, 0.25) is 0 Å². The monoisotopic (exact) mass is 273 g/mol. The van der Waals surface area contributed by atoms with Crippen LogP contribution < -0.4 is 10.5 Å². The molecule has 20 heavy (non-hydrogen) atoms. The number of halogens is 1. The maximum Gasteiger partial charge on any atom is 0.142 e. The average molecular weight is 273 g/mol. The third-order valence-corrected chi connectivity index (χ3v) is 2.65. The summed E-state index contributed by atoms with van der Waals surface area (Å²) in [5.41, 5.74) is 5.58. The van der Waals surface area contributed by atoms with Gasteiger partial charge >= 0.3 is 0 Å². The molecule has 2 N–H and O–H groups in total. The standard InChI is InChI=1S/C15H16FN3O/c16-15-11-14(5-4-13(15)3-1-6-17)20-10-2-8-19-9-7-18-12-19/h4-5,7,9,11-12H,2,6,8,10,17H2. The van der Waals surface area contributed by atoms with Crippen molar-refractivity contribution in [2.45, 2.75) is 13.0 Å². The zero-order chi connectivity index (χ0) is 14.2. The van der Waals surface area contributed by atoms with Gasteiger partial charge in [-0.3, -0.25) is 0 Å². The first-order chi connectivity index (χ1) is 9.79. The van der Waals surface area contributed by atoms with E-state index in [0.29, 0.717) is 17.9 Å². The molecule has 0 bridgehead atoms. The summed E-state index contributed by atoms with van der Waals surface area (Å²) in [6, 6.07) is 4.65. The van der Waals surface area contributed by atoms with E-state index in [1.807, 2.05) is 10.8 Å². The molecule has 2 aromatic rings. The van der Waals surface area contributed by atoms with Crippen LogP contribution in [0.4, 0.5) is 4.39 Å². The molecule has 0 saturated carbocycles. The zero-order valence-corrected chi connectivity index (χ0v) is 11.1. The smallest absolute Gasteiger partial charge is 0.142 e. The summed E-state index contributed by atoms with van der Waals surface area (Å²) in [4.78, 5) is 3.96. The van der Waals surface area contributed by atoms with Gasteiger partial charge in [-0.25, -0.2) is 9.37 Å². The van der Waals surface area contributed by atoms with E-state index >= 15 is 0 Å². The summed E-state index contributed by atoms with van der Waals surface area (Å²) < 4.78 is 21.1. The Morgan fingerprint density at radius 3 is 3.00 bits per heavy atom. The lowest BCUT2D eigenvalue weighted by Gasteiger charge is -2.07. The van der Waals surface area contributed by atoms with Crippen LogP contribution in [-0.2, 0) is 6.54 Å². The van der Waals surface area contributed by atoms with Gasteiger partial charge in [0.15, 0.2) is 0 Å². The molecule has 104 valence electrons. The Kier molecular flexibility index (Phi) is 5.15. The molecule has 5 heteroatoms. The second kappa shape index (κ2) is 7.31. The Bertz CT molecular complexity index is 599. The average Bonchev–Trinajstić information content (AvgIpc) is 2.96. The fourth-order valence-corrected chi connectivity index (χ4v) is 1.69. The predicted octanol–water partition coefficient (Wildman–Crippen LogP) is 1.80. The fraction of sp³-hybridized carbons (Fsp3) is 0.267. The number of hydrogen-bond acceptors (Lipinski definition) is 3.